The fraction of sp³-hybridized carbons (Fsp3) is 0.190. The Morgan fingerprint density at radius 2 is 1.56 bits per heavy atom. The molecule has 3 nitrogen and oxygen atoms in total. The highest BCUT2D eigenvalue weighted by molar-refractivity contribution is 7.80. The number of benzene rings is 2. The topological polar surface area (TPSA) is 19.6 Å². The van der Waals surface area contributed by atoms with Crippen molar-refractivity contribution in [3.05, 3.63) is 77.3 Å². The lowest BCUT2D eigenvalue weighted by Crippen LogP contribution is -2.48. The van der Waals surface area contributed by atoms with E-state index in [0.717, 1.165) is 36.8 Å². The van der Waals surface area contributed by atoms with E-state index in [1.165, 1.54) is 17.8 Å². The molecule has 1 fully saturated rings. The number of halogens is 2. The standard InChI is InChI=1S/C21H18ClFN2OS/c22-16-3-7-18(8-4-16)24-11-13-25(14-12-24)21(27)20-10-9-19(26-20)15-1-5-17(23)6-2-15/h1-10H,11-14H2. The fourth-order valence-corrected chi connectivity index (χ4v) is 3.62. The van der Waals surface area contributed by atoms with Crippen molar-refractivity contribution in [1.29, 1.82) is 0 Å². The molecule has 1 aliphatic heterocycles. The highest BCUT2D eigenvalue weighted by Gasteiger charge is 2.22. The van der Waals surface area contributed by atoms with E-state index in [0.29, 0.717) is 16.5 Å². The summed E-state index contributed by atoms with van der Waals surface area (Å²) < 4.78 is 19.0. The predicted molar refractivity (Wildman–Crippen MR) is 111 cm³/mol. The number of thiocarbonyl (C=S) groups is 1. The van der Waals surface area contributed by atoms with E-state index in [-0.39, 0.29) is 5.82 Å². The van der Waals surface area contributed by atoms with Crippen LogP contribution in [0.25, 0.3) is 11.3 Å². The Hall–Kier alpha value is -2.37. The lowest BCUT2D eigenvalue weighted by atomic mass is 10.2. The van der Waals surface area contributed by atoms with E-state index in [1.807, 2.05) is 36.4 Å². The SMILES string of the molecule is Fc1ccc(-c2ccc(C(=S)N3CCN(c4ccc(Cl)cc4)CC3)o2)cc1. The fourth-order valence-electron chi connectivity index (χ4n) is 3.20. The molecule has 0 aliphatic carbocycles. The summed E-state index contributed by atoms with van der Waals surface area (Å²) in [4.78, 5) is 5.19. The van der Waals surface area contributed by atoms with Crippen molar-refractivity contribution >= 4 is 34.5 Å². The van der Waals surface area contributed by atoms with E-state index in [1.54, 1.807) is 12.1 Å². The van der Waals surface area contributed by atoms with Gasteiger partial charge in [-0.05, 0) is 60.7 Å². The van der Waals surface area contributed by atoms with Crippen molar-refractivity contribution in [2.75, 3.05) is 31.1 Å². The summed E-state index contributed by atoms with van der Waals surface area (Å²) in [6.07, 6.45) is 0. The molecule has 1 aliphatic rings. The van der Waals surface area contributed by atoms with Gasteiger partial charge in [0, 0.05) is 42.5 Å². The Kier molecular flexibility index (Phi) is 5.14. The van der Waals surface area contributed by atoms with Crippen molar-refractivity contribution in [3.8, 4) is 11.3 Å². The average Bonchev–Trinajstić information content (AvgIpc) is 3.19. The lowest BCUT2D eigenvalue weighted by molar-refractivity contribution is 0.385. The third kappa shape index (κ3) is 3.99. The molecule has 0 atom stereocenters. The van der Waals surface area contributed by atoms with Crippen LogP contribution in [0.1, 0.15) is 5.76 Å². The van der Waals surface area contributed by atoms with Gasteiger partial charge in [0.1, 0.15) is 16.6 Å². The maximum Gasteiger partial charge on any atom is 0.162 e. The van der Waals surface area contributed by atoms with Crippen molar-refractivity contribution in [2.45, 2.75) is 0 Å². The van der Waals surface area contributed by atoms with Gasteiger partial charge < -0.3 is 14.2 Å². The molecule has 0 N–H and O–H groups in total. The quantitative estimate of drug-likeness (QED) is 0.560. The van der Waals surface area contributed by atoms with Gasteiger partial charge in [0.05, 0.1) is 0 Å². The zero-order valence-corrected chi connectivity index (χ0v) is 16.1. The summed E-state index contributed by atoms with van der Waals surface area (Å²) in [5.41, 5.74) is 2.00. The first-order valence-corrected chi connectivity index (χ1v) is 9.54. The first-order valence-electron chi connectivity index (χ1n) is 8.76. The van der Waals surface area contributed by atoms with E-state index in [2.05, 4.69) is 9.80 Å². The van der Waals surface area contributed by atoms with Gasteiger partial charge in [-0.3, -0.25) is 0 Å². The van der Waals surface area contributed by atoms with Gasteiger partial charge in [0.25, 0.3) is 0 Å². The second-order valence-corrected chi connectivity index (χ2v) is 7.25. The van der Waals surface area contributed by atoms with Crippen molar-refractivity contribution in [3.63, 3.8) is 0 Å². The molecule has 1 aromatic heterocycles. The van der Waals surface area contributed by atoms with Crippen LogP contribution < -0.4 is 4.90 Å². The smallest absolute Gasteiger partial charge is 0.162 e. The molecule has 3 aromatic rings. The number of nitrogens with zero attached hydrogens (tertiary/aromatic N) is 2. The van der Waals surface area contributed by atoms with Crippen molar-refractivity contribution in [1.82, 2.24) is 4.90 Å². The largest absolute Gasteiger partial charge is 0.454 e. The summed E-state index contributed by atoms with van der Waals surface area (Å²) >= 11 is 11.6. The minimum absolute atomic E-state index is 0.264. The van der Waals surface area contributed by atoms with E-state index < -0.39 is 0 Å². The van der Waals surface area contributed by atoms with Crippen LogP contribution in [0.3, 0.4) is 0 Å². The maximum atomic E-state index is 13.1. The predicted octanol–water partition coefficient (Wildman–Crippen LogP) is 5.24. The third-order valence-electron chi connectivity index (χ3n) is 4.70. The Morgan fingerprint density at radius 1 is 0.889 bits per heavy atom. The van der Waals surface area contributed by atoms with Gasteiger partial charge in [-0.15, -0.1) is 0 Å². The Labute approximate surface area is 168 Å². The summed E-state index contributed by atoms with van der Waals surface area (Å²) in [5, 5.41) is 0.744. The van der Waals surface area contributed by atoms with Crippen LogP contribution in [-0.2, 0) is 0 Å². The number of piperazine rings is 1. The van der Waals surface area contributed by atoms with E-state index in [4.69, 9.17) is 28.2 Å². The van der Waals surface area contributed by atoms with Crippen LogP contribution in [0.5, 0.6) is 0 Å². The minimum Gasteiger partial charge on any atom is -0.454 e. The molecule has 2 heterocycles. The van der Waals surface area contributed by atoms with Gasteiger partial charge in [-0.1, -0.05) is 23.8 Å². The summed E-state index contributed by atoms with van der Waals surface area (Å²) in [7, 11) is 0. The summed E-state index contributed by atoms with van der Waals surface area (Å²) in [6.45, 7) is 3.42. The molecule has 27 heavy (non-hydrogen) atoms. The second kappa shape index (κ2) is 7.71. The number of anilines is 1. The molecule has 0 spiro atoms. The molecule has 2 aromatic carbocycles. The molecule has 6 heteroatoms. The molecular formula is C21H18ClFN2OS. The summed E-state index contributed by atoms with van der Waals surface area (Å²) in [6, 6.07) is 17.9. The molecule has 0 unspecified atom stereocenters. The summed E-state index contributed by atoms with van der Waals surface area (Å²) in [5.74, 6) is 1.09. The van der Waals surface area contributed by atoms with Crippen LogP contribution in [0, 0.1) is 5.82 Å². The highest BCUT2D eigenvalue weighted by Crippen LogP contribution is 2.25. The monoisotopic (exact) mass is 400 g/mol. The van der Waals surface area contributed by atoms with Crippen LogP contribution in [0.15, 0.2) is 65.1 Å². The lowest BCUT2D eigenvalue weighted by Gasteiger charge is -2.37. The van der Waals surface area contributed by atoms with Crippen LogP contribution in [0.4, 0.5) is 10.1 Å². The Morgan fingerprint density at radius 3 is 2.22 bits per heavy atom. The highest BCUT2D eigenvalue weighted by atomic mass is 35.5. The van der Waals surface area contributed by atoms with Crippen LogP contribution in [0.2, 0.25) is 5.02 Å². The van der Waals surface area contributed by atoms with Crippen molar-refractivity contribution < 1.29 is 8.81 Å². The normalized spacial score (nSPS) is 14.4. The molecule has 138 valence electrons. The van der Waals surface area contributed by atoms with Gasteiger partial charge >= 0.3 is 0 Å². The van der Waals surface area contributed by atoms with E-state index >= 15 is 0 Å². The molecule has 4 rings (SSSR count). The number of furan rings is 1. The molecule has 0 bridgehead atoms. The second-order valence-electron chi connectivity index (χ2n) is 6.43. The molecular weight excluding hydrogens is 383 g/mol. The number of hydrogen-bond acceptors (Lipinski definition) is 3. The number of hydrogen-bond donors (Lipinski definition) is 0. The van der Waals surface area contributed by atoms with Crippen LogP contribution >= 0.6 is 23.8 Å². The Balaban J connectivity index is 1.41. The Bertz CT molecular complexity index is 932. The van der Waals surface area contributed by atoms with Crippen LogP contribution in [-0.4, -0.2) is 36.1 Å². The average molecular weight is 401 g/mol. The van der Waals surface area contributed by atoms with Gasteiger partial charge in [0.15, 0.2) is 5.76 Å². The molecule has 0 radical (unpaired) electrons. The van der Waals surface area contributed by atoms with Gasteiger partial charge in [-0.2, -0.15) is 0 Å². The van der Waals surface area contributed by atoms with Gasteiger partial charge in [0.2, 0.25) is 0 Å². The first kappa shape index (κ1) is 18.0. The van der Waals surface area contributed by atoms with Gasteiger partial charge in [-0.25, -0.2) is 4.39 Å². The first-order chi connectivity index (χ1) is 13.1. The zero-order valence-electron chi connectivity index (χ0n) is 14.6. The van der Waals surface area contributed by atoms with E-state index in [9.17, 15) is 4.39 Å². The molecule has 1 saturated heterocycles. The number of rotatable bonds is 3. The minimum atomic E-state index is -0.264. The van der Waals surface area contributed by atoms with Crippen molar-refractivity contribution in [2.24, 2.45) is 0 Å². The maximum absolute atomic E-state index is 13.1. The molecule has 0 amide bonds. The third-order valence-corrected chi connectivity index (χ3v) is 5.42. The molecule has 0 saturated carbocycles. The zero-order chi connectivity index (χ0) is 18.8.